The minimum Gasteiger partial charge on any atom is -0.506 e. The Morgan fingerprint density at radius 1 is 1.10 bits per heavy atom. The summed E-state index contributed by atoms with van der Waals surface area (Å²) in [6.07, 6.45) is 1.52. The van der Waals surface area contributed by atoms with Gasteiger partial charge in [-0.05, 0) is 45.8 Å². The molecule has 2 rings (SSSR count). The summed E-state index contributed by atoms with van der Waals surface area (Å²) >= 11 is 9.78. The molecule has 0 saturated heterocycles. The lowest BCUT2D eigenvalue weighted by Gasteiger charge is -2.05. The van der Waals surface area contributed by atoms with E-state index in [1.54, 1.807) is 6.07 Å². The molecule has 0 saturated carbocycles. The van der Waals surface area contributed by atoms with Gasteiger partial charge in [-0.2, -0.15) is 5.10 Å². The van der Waals surface area contributed by atoms with Crippen molar-refractivity contribution in [1.82, 2.24) is 5.43 Å². The monoisotopic (exact) mass is 474 g/mol. The van der Waals surface area contributed by atoms with Crippen LogP contribution in [0.1, 0.15) is 15.9 Å². The first-order chi connectivity index (χ1) is 9.97. The first-order valence-corrected chi connectivity index (χ1v) is 8.12. The van der Waals surface area contributed by atoms with Gasteiger partial charge in [-0.1, -0.05) is 44.0 Å². The lowest BCUT2D eigenvalue weighted by Crippen LogP contribution is -2.17. The number of nitrogens with one attached hydrogen (secondary N) is 1. The lowest BCUT2D eigenvalue weighted by molar-refractivity contribution is 0.0952. The molecule has 0 atom stereocenters. The van der Waals surface area contributed by atoms with Crippen molar-refractivity contribution in [3.8, 4) is 5.75 Å². The molecule has 0 spiro atoms. The summed E-state index contributed by atoms with van der Waals surface area (Å²) in [5.41, 5.74) is 3.35. The van der Waals surface area contributed by atoms with E-state index in [1.165, 1.54) is 12.3 Å². The van der Waals surface area contributed by atoms with Gasteiger partial charge in [0, 0.05) is 8.95 Å². The number of phenols is 1. The molecule has 0 aliphatic carbocycles. The molecule has 21 heavy (non-hydrogen) atoms. The van der Waals surface area contributed by atoms with Crippen LogP contribution in [-0.2, 0) is 0 Å². The van der Waals surface area contributed by atoms with E-state index in [1.807, 2.05) is 24.3 Å². The van der Waals surface area contributed by atoms with Crippen molar-refractivity contribution >= 4 is 59.9 Å². The summed E-state index contributed by atoms with van der Waals surface area (Å²) in [6.45, 7) is 0. The normalized spacial score (nSPS) is 10.8. The average molecular weight is 477 g/mol. The maximum atomic E-state index is 12.0. The zero-order valence-electron chi connectivity index (χ0n) is 10.5. The van der Waals surface area contributed by atoms with Crippen LogP contribution < -0.4 is 5.43 Å². The molecule has 108 valence electrons. The van der Waals surface area contributed by atoms with Gasteiger partial charge in [0.25, 0.3) is 5.91 Å². The molecule has 2 N–H and O–H groups in total. The maximum absolute atomic E-state index is 12.0. The topological polar surface area (TPSA) is 61.7 Å². The minimum atomic E-state index is -0.497. The van der Waals surface area contributed by atoms with Crippen LogP contribution in [0.5, 0.6) is 5.75 Å². The van der Waals surface area contributed by atoms with E-state index in [9.17, 15) is 9.90 Å². The number of halogens is 3. The smallest absolute Gasteiger partial charge is 0.275 e. The molecule has 0 aliphatic heterocycles. The highest BCUT2D eigenvalue weighted by atomic mass is 79.9. The number of benzene rings is 2. The van der Waals surface area contributed by atoms with Crippen molar-refractivity contribution in [3.05, 3.63) is 60.9 Å². The molecular formula is C14H9Br3N2O2. The second-order valence-electron chi connectivity index (χ2n) is 4.03. The van der Waals surface area contributed by atoms with Crippen LogP contribution in [0, 0.1) is 0 Å². The molecule has 0 heterocycles. The highest BCUT2D eigenvalue weighted by Crippen LogP contribution is 2.31. The number of phenolic OH excluding ortho intramolecular Hbond substituents is 1. The number of amides is 1. The molecule has 2 aromatic carbocycles. The van der Waals surface area contributed by atoms with Crippen LogP contribution in [-0.4, -0.2) is 17.2 Å². The molecule has 1 amide bonds. The standard InChI is InChI=1S/C14H9Br3N2O2/c15-9-3-1-8(2-4-9)7-18-19-14(21)11-5-10(16)6-12(17)13(11)20/h1-7,20H,(H,19,21)/b18-7-. The number of carbonyl (C=O) groups is 1. The van der Waals surface area contributed by atoms with Crippen molar-refractivity contribution in [1.29, 1.82) is 0 Å². The Bertz CT molecular complexity index is 700. The second-order valence-corrected chi connectivity index (χ2v) is 6.72. The average Bonchev–Trinajstić information content (AvgIpc) is 2.44. The fraction of sp³-hybridized carbons (Fsp3) is 0. The Morgan fingerprint density at radius 3 is 2.43 bits per heavy atom. The Labute approximate surface area is 146 Å². The van der Waals surface area contributed by atoms with E-state index in [4.69, 9.17) is 0 Å². The number of carbonyl (C=O) groups excluding carboxylic acids is 1. The second kappa shape index (κ2) is 7.20. The van der Waals surface area contributed by atoms with Gasteiger partial charge in [0.15, 0.2) is 0 Å². The van der Waals surface area contributed by atoms with E-state index < -0.39 is 5.91 Å². The van der Waals surface area contributed by atoms with Gasteiger partial charge >= 0.3 is 0 Å². The Hall–Kier alpha value is -1.18. The SMILES string of the molecule is O=C(N/N=C\c1ccc(Br)cc1)c1cc(Br)cc(Br)c1O. The van der Waals surface area contributed by atoms with Gasteiger partial charge in [-0.3, -0.25) is 4.79 Å². The van der Waals surface area contributed by atoms with Crippen molar-refractivity contribution in [2.24, 2.45) is 5.10 Å². The lowest BCUT2D eigenvalue weighted by atomic mass is 10.2. The quantitative estimate of drug-likeness (QED) is 0.508. The third kappa shape index (κ3) is 4.39. The first-order valence-electron chi connectivity index (χ1n) is 5.74. The van der Waals surface area contributed by atoms with E-state index in [0.29, 0.717) is 8.95 Å². The first kappa shape index (κ1) is 16.2. The summed E-state index contributed by atoms with van der Waals surface area (Å²) < 4.78 is 2.07. The van der Waals surface area contributed by atoms with Crippen molar-refractivity contribution in [2.45, 2.75) is 0 Å². The largest absolute Gasteiger partial charge is 0.506 e. The van der Waals surface area contributed by atoms with Crippen LogP contribution >= 0.6 is 47.8 Å². The number of hydrogen-bond acceptors (Lipinski definition) is 3. The zero-order chi connectivity index (χ0) is 15.4. The number of nitrogens with zero attached hydrogens (tertiary/aromatic N) is 1. The molecular weight excluding hydrogens is 468 g/mol. The van der Waals surface area contributed by atoms with Crippen molar-refractivity contribution < 1.29 is 9.90 Å². The number of hydrazone groups is 1. The van der Waals surface area contributed by atoms with Gasteiger partial charge in [0.2, 0.25) is 0 Å². The fourth-order valence-electron chi connectivity index (χ4n) is 1.51. The summed E-state index contributed by atoms with van der Waals surface area (Å²) in [5.74, 6) is -0.627. The third-order valence-corrected chi connectivity index (χ3v) is 4.11. The summed E-state index contributed by atoms with van der Waals surface area (Å²) in [5, 5.41) is 13.7. The predicted molar refractivity (Wildman–Crippen MR) is 92.7 cm³/mol. The highest BCUT2D eigenvalue weighted by molar-refractivity contribution is 9.11. The predicted octanol–water partition coefficient (Wildman–Crippen LogP) is 4.44. The summed E-state index contributed by atoms with van der Waals surface area (Å²) in [4.78, 5) is 12.0. The Balaban J connectivity index is 2.10. The summed E-state index contributed by atoms with van der Waals surface area (Å²) in [7, 11) is 0. The number of aromatic hydroxyl groups is 1. The van der Waals surface area contributed by atoms with Gasteiger partial charge in [0.05, 0.1) is 16.3 Å². The van der Waals surface area contributed by atoms with E-state index in [2.05, 4.69) is 58.3 Å². The van der Waals surface area contributed by atoms with E-state index in [-0.39, 0.29) is 11.3 Å². The van der Waals surface area contributed by atoms with Gasteiger partial charge in [0.1, 0.15) is 5.75 Å². The number of hydrogen-bond donors (Lipinski definition) is 2. The summed E-state index contributed by atoms with van der Waals surface area (Å²) in [6, 6.07) is 10.6. The molecule has 0 aliphatic rings. The molecule has 0 bridgehead atoms. The maximum Gasteiger partial charge on any atom is 0.275 e. The molecule has 0 aromatic heterocycles. The molecule has 4 nitrogen and oxygen atoms in total. The fourth-order valence-corrected chi connectivity index (χ4v) is 3.00. The third-order valence-electron chi connectivity index (χ3n) is 2.52. The van der Waals surface area contributed by atoms with Crippen LogP contribution in [0.15, 0.2) is 54.9 Å². The van der Waals surface area contributed by atoms with Crippen molar-refractivity contribution in [2.75, 3.05) is 0 Å². The molecule has 0 unspecified atom stereocenters. The van der Waals surface area contributed by atoms with Gasteiger partial charge in [-0.25, -0.2) is 5.43 Å². The Morgan fingerprint density at radius 2 is 1.76 bits per heavy atom. The van der Waals surface area contributed by atoms with Crippen LogP contribution in [0.3, 0.4) is 0 Å². The molecule has 0 fully saturated rings. The minimum absolute atomic E-state index is 0.129. The van der Waals surface area contributed by atoms with E-state index >= 15 is 0 Å². The van der Waals surface area contributed by atoms with Crippen molar-refractivity contribution in [3.63, 3.8) is 0 Å². The molecule has 2 aromatic rings. The molecule has 7 heteroatoms. The Kier molecular flexibility index (Phi) is 5.55. The van der Waals surface area contributed by atoms with Crippen LogP contribution in [0.2, 0.25) is 0 Å². The van der Waals surface area contributed by atoms with Crippen LogP contribution in [0.4, 0.5) is 0 Å². The van der Waals surface area contributed by atoms with Gasteiger partial charge in [-0.15, -0.1) is 0 Å². The number of rotatable bonds is 3. The molecule has 0 radical (unpaired) electrons. The zero-order valence-corrected chi connectivity index (χ0v) is 15.2. The van der Waals surface area contributed by atoms with Crippen LogP contribution in [0.25, 0.3) is 0 Å². The van der Waals surface area contributed by atoms with Gasteiger partial charge < -0.3 is 5.11 Å². The van der Waals surface area contributed by atoms with E-state index in [0.717, 1.165) is 10.0 Å². The highest BCUT2D eigenvalue weighted by Gasteiger charge is 2.14.